The van der Waals surface area contributed by atoms with Crippen LogP contribution >= 0.6 is 23.2 Å². The summed E-state index contributed by atoms with van der Waals surface area (Å²) in [5.41, 5.74) is 1.32. The fraction of sp³-hybridized carbons (Fsp3) is 0.0952. The smallest absolute Gasteiger partial charge is 0.262 e. The van der Waals surface area contributed by atoms with E-state index in [1.165, 1.54) is 12.3 Å². The Kier molecular flexibility index (Phi) is 6.90. The first kappa shape index (κ1) is 20.5. The number of benzene rings is 2. The summed E-state index contributed by atoms with van der Waals surface area (Å²) in [5, 5.41) is 12.1. The molecule has 2 aromatic carbocycles. The van der Waals surface area contributed by atoms with E-state index in [0.29, 0.717) is 28.6 Å². The number of pyridine rings is 1. The van der Waals surface area contributed by atoms with E-state index < -0.39 is 0 Å². The molecule has 1 aromatic heterocycles. The van der Waals surface area contributed by atoms with E-state index in [2.05, 4.69) is 16.4 Å². The first-order chi connectivity index (χ1) is 14.0. The van der Waals surface area contributed by atoms with Crippen LogP contribution in [0.25, 0.3) is 0 Å². The Morgan fingerprint density at radius 1 is 1.14 bits per heavy atom. The van der Waals surface area contributed by atoms with Crippen LogP contribution in [0.1, 0.15) is 5.56 Å². The molecule has 0 aliphatic carbocycles. The van der Waals surface area contributed by atoms with Crippen LogP contribution in [-0.2, 0) is 11.2 Å². The van der Waals surface area contributed by atoms with Gasteiger partial charge < -0.3 is 14.8 Å². The molecule has 0 aliphatic rings. The number of anilines is 1. The molecular weight excluding hydrogens is 413 g/mol. The van der Waals surface area contributed by atoms with E-state index in [9.17, 15) is 4.79 Å². The van der Waals surface area contributed by atoms with Crippen LogP contribution in [0.5, 0.6) is 17.4 Å². The predicted octanol–water partition coefficient (Wildman–Crippen LogP) is 5.26. The van der Waals surface area contributed by atoms with Gasteiger partial charge in [0.15, 0.2) is 12.4 Å². The van der Waals surface area contributed by atoms with Crippen molar-refractivity contribution in [2.24, 2.45) is 0 Å². The second kappa shape index (κ2) is 9.78. The molecule has 146 valence electrons. The highest BCUT2D eigenvalue weighted by atomic mass is 35.5. The van der Waals surface area contributed by atoms with Gasteiger partial charge in [-0.05, 0) is 35.9 Å². The number of ether oxygens (including phenoxy) is 2. The number of carbonyl (C=O) groups is 1. The van der Waals surface area contributed by atoms with Gasteiger partial charge in [0, 0.05) is 6.20 Å². The molecule has 0 aliphatic heterocycles. The number of aromatic nitrogens is 1. The highest BCUT2D eigenvalue weighted by Gasteiger charge is 2.12. The maximum absolute atomic E-state index is 12.3. The highest BCUT2D eigenvalue weighted by molar-refractivity contribution is 6.35. The fourth-order valence-electron chi connectivity index (χ4n) is 2.37. The van der Waals surface area contributed by atoms with Crippen LogP contribution in [0.15, 0.2) is 60.8 Å². The summed E-state index contributed by atoms with van der Waals surface area (Å²) in [7, 11) is 0. The number of nitrogens with zero attached hydrogens (tertiary/aromatic N) is 2. The van der Waals surface area contributed by atoms with E-state index >= 15 is 0 Å². The van der Waals surface area contributed by atoms with Crippen molar-refractivity contribution in [3.8, 4) is 23.4 Å². The Bertz CT molecular complexity index is 1050. The summed E-state index contributed by atoms with van der Waals surface area (Å²) in [6.07, 6.45) is 1.74. The van der Waals surface area contributed by atoms with Crippen molar-refractivity contribution in [2.75, 3.05) is 11.9 Å². The summed E-state index contributed by atoms with van der Waals surface area (Å²) in [6, 6.07) is 17.5. The Morgan fingerprint density at radius 3 is 2.62 bits per heavy atom. The van der Waals surface area contributed by atoms with Gasteiger partial charge in [0.2, 0.25) is 5.88 Å². The molecule has 29 heavy (non-hydrogen) atoms. The number of nitrogens with one attached hydrogen (secondary N) is 1. The number of carbonyl (C=O) groups excluding carboxylic acids is 1. The van der Waals surface area contributed by atoms with E-state index in [1.807, 2.05) is 0 Å². The molecule has 1 N–H and O–H groups in total. The molecule has 3 aromatic rings. The van der Waals surface area contributed by atoms with Crippen LogP contribution in [0, 0.1) is 11.3 Å². The SMILES string of the molecule is N#CCc1ccc(OCC(=O)Nc2ccccc2Oc2ncc(Cl)cc2Cl)cc1. The average Bonchev–Trinajstić information content (AvgIpc) is 2.71. The predicted molar refractivity (Wildman–Crippen MR) is 111 cm³/mol. The molecule has 0 saturated heterocycles. The molecule has 0 radical (unpaired) electrons. The zero-order valence-corrected chi connectivity index (χ0v) is 16.6. The van der Waals surface area contributed by atoms with Gasteiger partial charge in [0.25, 0.3) is 5.91 Å². The maximum Gasteiger partial charge on any atom is 0.262 e. The molecule has 8 heteroatoms. The van der Waals surface area contributed by atoms with Crippen molar-refractivity contribution in [2.45, 2.75) is 6.42 Å². The molecular formula is C21H15Cl2N3O3. The molecule has 0 saturated carbocycles. The van der Waals surface area contributed by atoms with Gasteiger partial charge in [-0.15, -0.1) is 0 Å². The lowest BCUT2D eigenvalue weighted by Crippen LogP contribution is -2.20. The van der Waals surface area contributed by atoms with E-state index in [4.69, 9.17) is 37.9 Å². The Hall–Kier alpha value is -3.27. The first-order valence-corrected chi connectivity index (χ1v) is 9.27. The van der Waals surface area contributed by atoms with Crippen LogP contribution in [0.2, 0.25) is 10.0 Å². The molecule has 0 fully saturated rings. The number of halogens is 2. The van der Waals surface area contributed by atoms with Gasteiger partial charge in [0.05, 0.1) is 23.2 Å². The Labute approximate surface area is 177 Å². The summed E-state index contributed by atoms with van der Waals surface area (Å²) < 4.78 is 11.2. The van der Waals surface area contributed by atoms with Crippen molar-refractivity contribution in [3.05, 3.63) is 76.4 Å². The number of hydrogen-bond acceptors (Lipinski definition) is 5. The zero-order valence-electron chi connectivity index (χ0n) is 15.1. The third kappa shape index (κ3) is 5.85. The largest absolute Gasteiger partial charge is 0.484 e. The maximum atomic E-state index is 12.3. The monoisotopic (exact) mass is 427 g/mol. The van der Waals surface area contributed by atoms with Crippen molar-refractivity contribution in [1.29, 1.82) is 5.26 Å². The second-order valence-electron chi connectivity index (χ2n) is 5.85. The fourth-order valence-corrected chi connectivity index (χ4v) is 2.79. The minimum absolute atomic E-state index is 0.173. The van der Waals surface area contributed by atoms with Crippen LogP contribution in [-0.4, -0.2) is 17.5 Å². The molecule has 0 bridgehead atoms. The van der Waals surface area contributed by atoms with Crippen molar-refractivity contribution >= 4 is 34.8 Å². The minimum atomic E-state index is -0.364. The van der Waals surface area contributed by atoms with Crippen LogP contribution in [0.4, 0.5) is 5.69 Å². The van der Waals surface area contributed by atoms with Gasteiger partial charge >= 0.3 is 0 Å². The molecule has 0 atom stereocenters. The Balaban J connectivity index is 1.62. The number of amides is 1. The summed E-state index contributed by atoms with van der Waals surface area (Å²) in [6.45, 7) is -0.189. The number of rotatable bonds is 7. The highest BCUT2D eigenvalue weighted by Crippen LogP contribution is 2.33. The third-order valence-corrected chi connectivity index (χ3v) is 4.20. The normalized spacial score (nSPS) is 10.1. The Morgan fingerprint density at radius 2 is 1.90 bits per heavy atom. The van der Waals surface area contributed by atoms with E-state index in [-0.39, 0.29) is 23.4 Å². The van der Waals surface area contributed by atoms with Crippen LogP contribution < -0.4 is 14.8 Å². The first-order valence-electron chi connectivity index (χ1n) is 8.51. The van der Waals surface area contributed by atoms with Gasteiger partial charge in [0.1, 0.15) is 10.8 Å². The molecule has 1 amide bonds. The van der Waals surface area contributed by atoms with E-state index in [1.54, 1.807) is 48.5 Å². The quantitative estimate of drug-likeness (QED) is 0.555. The average molecular weight is 428 g/mol. The summed E-state index contributed by atoms with van der Waals surface area (Å²) in [5.74, 6) is 0.714. The zero-order chi connectivity index (χ0) is 20.6. The second-order valence-corrected chi connectivity index (χ2v) is 6.70. The van der Waals surface area contributed by atoms with Crippen molar-refractivity contribution < 1.29 is 14.3 Å². The summed E-state index contributed by atoms with van der Waals surface area (Å²) in [4.78, 5) is 16.3. The standard InChI is InChI=1S/C21H15Cl2N3O3/c22-15-11-17(23)21(25-12-15)29-19-4-2-1-3-18(19)26-20(27)13-28-16-7-5-14(6-8-16)9-10-24/h1-8,11-12H,9,13H2,(H,26,27). The molecule has 0 spiro atoms. The molecule has 3 rings (SSSR count). The molecule has 1 heterocycles. The third-order valence-electron chi connectivity index (χ3n) is 3.72. The number of nitriles is 1. The number of para-hydroxylation sites is 2. The number of hydrogen-bond donors (Lipinski definition) is 1. The lowest BCUT2D eigenvalue weighted by molar-refractivity contribution is -0.118. The van der Waals surface area contributed by atoms with Gasteiger partial charge in [-0.1, -0.05) is 47.5 Å². The minimum Gasteiger partial charge on any atom is -0.484 e. The topological polar surface area (TPSA) is 84.2 Å². The molecule has 0 unspecified atom stereocenters. The van der Waals surface area contributed by atoms with Gasteiger partial charge in [-0.2, -0.15) is 5.26 Å². The van der Waals surface area contributed by atoms with E-state index in [0.717, 1.165) is 5.56 Å². The van der Waals surface area contributed by atoms with Crippen LogP contribution in [0.3, 0.4) is 0 Å². The van der Waals surface area contributed by atoms with Gasteiger partial charge in [-0.25, -0.2) is 4.98 Å². The lowest BCUT2D eigenvalue weighted by atomic mass is 10.2. The molecule has 6 nitrogen and oxygen atoms in total. The van der Waals surface area contributed by atoms with Gasteiger partial charge in [-0.3, -0.25) is 4.79 Å². The summed E-state index contributed by atoms with van der Waals surface area (Å²) >= 11 is 11.9. The van der Waals surface area contributed by atoms with Crippen molar-refractivity contribution in [1.82, 2.24) is 4.98 Å². The van der Waals surface area contributed by atoms with Crippen molar-refractivity contribution in [3.63, 3.8) is 0 Å². The lowest BCUT2D eigenvalue weighted by Gasteiger charge is -2.13.